The van der Waals surface area contributed by atoms with Gasteiger partial charge in [-0.2, -0.15) is 18.2 Å². The van der Waals surface area contributed by atoms with Crippen LogP contribution in [-0.4, -0.2) is 47.0 Å². The van der Waals surface area contributed by atoms with Crippen molar-refractivity contribution in [1.82, 2.24) is 19.9 Å². The maximum atomic E-state index is 13.2. The SMILES string of the molecule is CN(C)CCNc1nc(NCc2ccc(-c3ccccn3)cc2)ncc1C(F)(F)F. The third kappa shape index (κ3) is 5.90. The topological polar surface area (TPSA) is 66.0 Å². The molecule has 3 aromatic rings. The van der Waals surface area contributed by atoms with Gasteiger partial charge in [-0.05, 0) is 31.8 Å². The average molecular weight is 416 g/mol. The van der Waals surface area contributed by atoms with Gasteiger partial charge in [-0.3, -0.25) is 4.98 Å². The minimum absolute atomic E-state index is 0.129. The largest absolute Gasteiger partial charge is 0.421 e. The first-order valence-corrected chi connectivity index (χ1v) is 9.40. The molecule has 2 N–H and O–H groups in total. The van der Waals surface area contributed by atoms with E-state index in [4.69, 9.17) is 0 Å². The van der Waals surface area contributed by atoms with Crippen LogP contribution in [0.1, 0.15) is 11.1 Å². The van der Waals surface area contributed by atoms with Crippen molar-refractivity contribution in [2.75, 3.05) is 37.8 Å². The Labute approximate surface area is 173 Å². The maximum absolute atomic E-state index is 13.2. The summed E-state index contributed by atoms with van der Waals surface area (Å²) >= 11 is 0. The molecule has 0 spiro atoms. The molecule has 0 aliphatic heterocycles. The van der Waals surface area contributed by atoms with Crippen molar-refractivity contribution in [3.05, 3.63) is 66.0 Å². The Kier molecular flexibility index (Phi) is 6.83. The number of anilines is 2. The monoisotopic (exact) mass is 416 g/mol. The highest BCUT2D eigenvalue weighted by Gasteiger charge is 2.35. The Hall–Kier alpha value is -3.20. The van der Waals surface area contributed by atoms with Crippen molar-refractivity contribution in [2.24, 2.45) is 0 Å². The normalized spacial score (nSPS) is 11.5. The van der Waals surface area contributed by atoms with Crippen molar-refractivity contribution >= 4 is 11.8 Å². The quantitative estimate of drug-likeness (QED) is 0.575. The van der Waals surface area contributed by atoms with Gasteiger partial charge in [-0.25, -0.2) is 4.98 Å². The zero-order valence-corrected chi connectivity index (χ0v) is 16.7. The second kappa shape index (κ2) is 9.53. The summed E-state index contributed by atoms with van der Waals surface area (Å²) in [6.07, 6.45) is -1.99. The molecule has 30 heavy (non-hydrogen) atoms. The molecule has 2 heterocycles. The van der Waals surface area contributed by atoms with E-state index in [2.05, 4.69) is 25.6 Å². The van der Waals surface area contributed by atoms with Gasteiger partial charge in [-0.1, -0.05) is 30.3 Å². The lowest BCUT2D eigenvalue weighted by Gasteiger charge is -2.16. The molecule has 158 valence electrons. The second-order valence-corrected chi connectivity index (χ2v) is 6.95. The minimum atomic E-state index is -4.53. The minimum Gasteiger partial charge on any atom is -0.368 e. The Bertz CT molecular complexity index is 943. The zero-order valence-electron chi connectivity index (χ0n) is 16.7. The first-order valence-electron chi connectivity index (χ1n) is 9.40. The van der Waals surface area contributed by atoms with E-state index in [0.717, 1.165) is 23.0 Å². The molecule has 0 bridgehead atoms. The Morgan fingerprint density at radius 2 is 1.73 bits per heavy atom. The molecule has 1 aromatic carbocycles. The molecule has 0 saturated heterocycles. The van der Waals surface area contributed by atoms with Crippen molar-refractivity contribution in [3.63, 3.8) is 0 Å². The maximum Gasteiger partial charge on any atom is 0.421 e. The van der Waals surface area contributed by atoms with Gasteiger partial charge < -0.3 is 15.5 Å². The van der Waals surface area contributed by atoms with Crippen molar-refractivity contribution in [1.29, 1.82) is 0 Å². The summed E-state index contributed by atoms with van der Waals surface area (Å²) in [6, 6.07) is 13.4. The molecule has 0 saturated carbocycles. The van der Waals surface area contributed by atoms with Gasteiger partial charge in [0.2, 0.25) is 5.95 Å². The number of nitrogens with zero attached hydrogens (tertiary/aromatic N) is 4. The summed E-state index contributed by atoms with van der Waals surface area (Å²) in [5, 5.41) is 5.74. The highest BCUT2D eigenvalue weighted by atomic mass is 19.4. The number of rotatable bonds is 8. The lowest BCUT2D eigenvalue weighted by atomic mass is 10.1. The lowest BCUT2D eigenvalue weighted by molar-refractivity contribution is -0.137. The highest BCUT2D eigenvalue weighted by molar-refractivity contribution is 5.59. The van der Waals surface area contributed by atoms with Gasteiger partial charge in [0.25, 0.3) is 0 Å². The number of alkyl halides is 3. The fourth-order valence-corrected chi connectivity index (χ4v) is 2.72. The molecule has 3 rings (SSSR count). The molecule has 0 amide bonds. The number of halogens is 3. The molecule has 0 radical (unpaired) electrons. The Balaban J connectivity index is 1.68. The van der Waals surface area contributed by atoms with Gasteiger partial charge in [0.15, 0.2) is 0 Å². The van der Waals surface area contributed by atoms with E-state index in [1.54, 1.807) is 6.20 Å². The Morgan fingerprint density at radius 3 is 2.37 bits per heavy atom. The zero-order chi connectivity index (χ0) is 21.6. The van der Waals surface area contributed by atoms with Gasteiger partial charge in [0, 0.05) is 37.6 Å². The molecule has 0 aliphatic rings. The average Bonchev–Trinajstić information content (AvgIpc) is 2.72. The van der Waals surface area contributed by atoms with E-state index < -0.39 is 11.7 Å². The number of hydrogen-bond acceptors (Lipinski definition) is 6. The summed E-state index contributed by atoms with van der Waals surface area (Å²) in [5.41, 5.74) is 1.92. The lowest BCUT2D eigenvalue weighted by Crippen LogP contribution is -2.23. The van der Waals surface area contributed by atoms with Crippen LogP contribution in [0.2, 0.25) is 0 Å². The summed E-state index contributed by atoms with van der Waals surface area (Å²) < 4.78 is 39.7. The van der Waals surface area contributed by atoms with E-state index in [1.807, 2.05) is 61.5 Å². The van der Waals surface area contributed by atoms with Crippen LogP contribution < -0.4 is 10.6 Å². The third-order valence-corrected chi connectivity index (χ3v) is 4.31. The first kappa shape index (κ1) is 21.5. The number of nitrogens with one attached hydrogen (secondary N) is 2. The van der Waals surface area contributed by atoms with E-state index >= 15 is 0 Å². The standard InChI is InChI=1S/C21H23F3N6/c1-30(2)12-11-26-19-17(21(22,23)24)14-28-20(29-19)27-13-15-6-8-16(9-7-15)18-5-3-4-10-25-18/h3-10,14H,11-13H2,1-2H3,(H2,26,27,28,29). The van der Waals surface area contributed by atoms with Crippen molar-refractivity contribution in [2.45, 2.75) is 12.7 Å². The van der Waals surface area contributed by atoms with Crippen LogP contribution in [0.15, 0.2) is 54.9 Å². The molecule has 0 unspecified atom stereocenters. The van der Waals surface area contributed by atoms with E-state index in [9.17, 15) is 13.2 Å². The van der Waals surface area contributed by atoms with Crippen LogP contribution in [0.5, 0.6) is 0 Å². The summed E-state index contributed by atoms with van der Waals surface area (Å²) in [7, 11) is 3.69. The first-order chi connectivity index (χ1) is 14.3. The van der Waals surface area contributed by atoms with Gasteiger partial charge in [0.05, 0.1) is 5.69 Å². The predicted octanol–water partition coefficient (Wildman–Crippen LogP) is 4.14. The molecule has 0 atom stereocenters. The molecule has 6 nitrogen and oxygen atoms in total. The molecular weight excluding hydrogens is 393 g/mol. The van der Waals surface area contributed by atoms with E-state index in [1.165, 1.54) is 0 Å². The number of pyridine rings is 1. The molecular formula is C21H23F3N6. The molecule has 0 fully saturated rings. The van der Waals surface area contributed by atoms with E-state index in [0.29, 0.717) is 19.6 Å². The van der Waals surface area contributed by atoms with E-state index in [-0.39, 0.29) is 11.8 Å². The number of hydrogen-bond donors (Lipinski definition) is 2. The van der Waals surface area contributed by atoms with Gasteiger partial charge in [0.1, 0.15) is 11.4 Å². The van der Waals surface area contributed by atoms with Crippen LogP contribution in [0, 0.1) is 0 Å². The summed E-state index contributed by atoms with van der Waals surface area (Å²) in [4.78, 5) is 14.0. The summed E-state index contributed by atoms with van der Waals surface area (Å²) in [6.45, 7) is 1.29. The van der Waals surface area contributed by atoms with Crippen LogP contribution >= 0.6 is 0 Å². The summed E-state index contributed by atoms with van der Waals surface area (Å²) in [5.74, 6) is -0.100. The fraction of sp³-hybridized carbons (Fsp3) is 0.286. The van der Waals surface area contributed by atoms with Crippen LogP contribution in [0.3, 0.4) is 0 Å². The fourth-order valence-electron chi connectivity index (χ4n) is 2.72. The molecule has 9 heteroatoms. The number of benzene rings is 1. The number of aromatic nitrogens is 3. The van der Waals surface area contributed by atoms with Crippen molar-refractivity contribution in [3.8, 4) is 11.3 Å². The van der Waals surface area contributed by atoms with Crippen LogP contribution in [0.25, 0.3) is 11.3 Å². The van der Waals surface area contributed by atoms with Crippen molar-refractivity contribution < 1.29 is 13.2 Å². The van der Waals surface area contributed by atoms with Crippen LogP contribution in [-0.2, 0) is 12.7 Å². The van der Waals surface area contributed by atoms with Gasteiger partial charge >= 0.3 is 6.18 Å². The molecule has 2 aromatic heterocycles. The highest BCUT2D eigenvalue weighted by Crippen LogP contribution is 2.33. The second-order valence-electron chi connectivity index (χ2n) is 6.95. The Morgan fingerprint density at radius 1 is 0.967 bits per heavy atom. The molecule has 0 aliphatic carbocycles. The van der Waals surface area contributed by atoms with Gasteiger partial charge in [-0.15, -0.1) is 0 Å². The number of likely N-dealkylation sites (N-methyl/N-ethyl adjacent to an activating group) is 1. The smallest absolute Gasteiger partial charge is 0.368 e. The van der Waals surface area contributed by atoms with Crippen LogP contribution in [0.4, 0.5) is 24.9 Å². The third-order valence-electron chi connectivity index (χ3n) is 4.31. The predicted molar refractivity (Wildman–Crippen MR) is 111 cm³/mol.